The molecule has 112 valence electrons. The fourth-order valence-corrected chi connectivity index (χ4v) is 2.65. The van der Waals surface area contributed by atoms with Crippen molar-refractivity contribution in [2.45, 2.75) is 19.9 Å². The van der Waals surface area contributed by atoms with Gasteiger partial charge in [-0.25, -0.2) is 0 Å². The molecular weight excluding hydrogens is 274 g/mol. The second kappa shape index (κ2) is 5.64. The second-order valence-electron chi connectivity index (χ2n) is 5.60. The third kappa shape index (κ3) is 2.72. The van der Waals surface area contributed by atoms with Crippen molar-refractivity contribution >= 4 is 16.7 Å². The van der Waals surface area contributed by atoms with Crippen LogP contribution in [0.3, 0.4) is 0 Å². The van der Waals surface area contributed by atoms with Gasteiger partial charge in [-0.05, 0) is 42.3 Å². The number of benzene rings is 2. The van der Waals surface area contributed by atoms with Crippen molar-refractivity contribution in [3.05, 3.63) is 65.5 Å². The molecule has 0 aliphatic heterocycles. The largest absolute Gasteiger partial charge is 0.344 e. The Morgan fingerprint density at radius 3 is 2.55 bits per heavy atom. The lowest BCUT2D eigenvalue weighted by molar-refractivity contribution is 0.0930. The maximum Gasteiger partial charge on any atom is 0.270 e. The molecule has 1 atom stereocenters. The maximum atomic E-state index is 12.4. The van der Waals surface area contributed by atoms with Crippen LogP contribution in [0, 0.1) is 6.92 Å². The van der Waals surface area contributed by atoms with Gasteiger partial charge >= 0.3 is 0 Å². The summed E-state index contributed by atoms with van der Waals surface area (Å²) in [5.41, 5.74) is 2.50. The fraction of sp³-hybridized carbons (Fsp3) is 0.222. The minimum atomic E-state index is -0.108. The highest BCUT2D eigenvalue weighted by atomic mass is 16.2. The van der Waals surface area contributed by atoms with Crippen LogP contribution >= 0.6 is 0 Å². The first-order valence-corrected chi connectivity index (χ1v) is 7.35. The van der Waals surface area contributed by atoms with Crippen molar-refractivity contribution in [1.29, 1.82) is 0 Å². The number of nitrogens with zero attached hydrogens (tertiary/aromatic N) is 2. The lowest BCUT2D eigenvalue weighted by atomic mass is 10.0. The Bertz CT molecular complexity index is 835. The number of carbonyl (C=O) groups excluding carboxylic acids is 1. The summed E-state index contributed by atoms with van der Waals surface area (Å²) in [7, 11) is 1.78. The van der Waals surface area contributed by atoms with E-state index in [1.807, 2.05) is 26.0 Å². The number of aryl methyl sites for hydroxylation is 2. The average Bonchev–Trinajstić information content (AvgIpc) is 2.85. The highest BCUT2D eigenvalue weighted by Crippen LogP contribution is 2.20. The zero-order chi connectivity index (χ0) is 15.7. The van der Waals surface area contributed by atoms with Crippen molar-refractivity contribution < 1.29 is 4.79 Å². The quantitative estimate of drug-likeness (QED) is 0.804. The van der Waals surface area contributed by atoms with Crippen molar-refractivity contribution in [1.82, 2.24) is 15.1 Å². The van der Waals surface area contributed by atoms with Crippen molar-refractivity contribution in [2.24, 2.45) is 7.05 Å². The summed E-state index contributed by atoms with van der Waals surface area (Å²) in [6, 6.07) is 16.2. The maximum absolute atomic E-state index is 12.4. The summed E-state index contributed by atoms with van der Waals surface area (Å²) in [4.78, 5) is 12.4. The Hall–Kier alpha value is -2.62. The first kappa shape index (κ1) is 14.3. The number of rotatable bonds is 3. The van der Waals surface area contributed by atoms with E-state index in [1.165, 1.54) is 10.8 Å². The molecule has 1 amide bonds. The van der Waals surface area contributed by atoms with Crippen LogP contribution in [0.2, 0.25) is 0 Å². The van der Waals surface area contributed by atoms with Crippen LogP contribution in [0.25, 0.3) is 10.8 Å². The smallest absolute Gasteiger partial charge is 0.270 e. The van der Waals surface area contributed by atoms with Gasteiger partial charge in [-0.15, -0.1) is 0 Å². The van der Waals surface area contributed by atoms with Gasteiger partial charge in [0, 0.05) is 7.05 Å². The molecule has 0 bridgehead atoms. The zero-order valence-corrected chi connectivity index (χ0v) is 13.0. The molecule has 2 aromatic carbocycles. The number of amides is 1. The van der Waals surface area contributed by atoms with Gasteiger partial charge in [0.15, 0.2) is 0 Å². The highest BCUT2D eigenvalue weighted by Gasteiger charge is 2.15. The monoisotopic (exact) mass is 293 g/mol. The SMILES string of the molecule is Cc1cc(C(=O)NC(C)c2ccc3ccccc3c2)n(C)n1. The van der Waals surface area contributed by atoms with Gasteiger partial charge in [-0.2, -0.15) is 5.10 Å². The third-order valence-electron chi connectivity index (χ3n) is 3.86. The molecule has 1 N–H and O–H groups in total. The molecule has 0 radical (unpaired) electrons. The normalized spacial score (nSPS) is 12.3. The first-order chi connectivity index (χ1) is 10.5. The van der Waals surface area contributed by atoms with Crippen LogP contribution in [-0.4, -0.2) is 15.7 Å². The summed E-state index contributed by atoms with van der Waals surface area (Å²) in [6.07, 6.45) is 0. The Morgan fingerprint density at radius 2 is 1.86 bits per heavy atom. The molecule has 4 nitrogen and oxygen atoms in total. The summed E-state index contributed by atoms with van der Waals surface area (Å²) < 4.78 is 1.61. The van der Waals surface area contributed by atoms with Crippen LogP contribution < -0.4 is 5.32 Å². The molecule has 4 heteroatoms. The zero-order valence-electron chi connectivity index (χ0n) is 13.0. The van der Waals surface area contributed by atoms with Gasteiger partial charge in [0.2, 0.25) is 0 Å². The van der Waals surface area contributed by atoms with E-state index in [0.29, 0.717) is 5.69 Å². The number of hydrogen-bond donors (Lipinski definition) is 1. The van der Waals surface area contributed by atoms with Crippen LogP contribution in [0.1, 0.15) is 34.7 Å². The van der Waals surface area contributed by atoms with Crippen LogP contribution in [-0.2, 0) is 7.05 Å². The van der Waals surface area contributed by atoms with E-state index in [4.69, 9.17) is 0 Å². The van der Waals surface area contributed by atoms with Crippen molar-refractivity contribution in [2.75, 3.05) is 0 Å². The van der Waals surface area contributed by atoms with Gasteiger partial charge in [0.1, 0.15) is 5.69 Å². The molecule has 0 saturated heterocycles. The summed E-state index contributed by atoms with van der Waals surface area (Å²) in [5, 5.41) is 9.62. The van der Waals surface area contributed by atoms with E-state index in [9.17, 15) is 4.79 Å². The van der Waals surface area contributed by atoms with E-state index in [2.05, 4.69) is 40.7 Å². The average molecular weight is 293 g/mol. The summed E-state index contributed by atoms with van der Waals surface area (Å²) >= 11 is 0. The van der Waals surface area contributed by atoms with E-state index in [1.54, 1.807) is 17.8 Å². The molecule has 22 heavy (non-hydrogen) atoms. The van der Waals surface area contributed by atoms with Crippen LogP contribution in [0.4, 0.5) is 0 Å². The Balaban J connectivity index is 1.82. The molecule has 1 aromatic heterocycles. The van der Waals surface area contributed by atoms with Gasteiger partial charge in [-0.3, -0.25) is 9.48 Å². The molecule has 3 aromatic rings. The number of carbonyl (C=O) groups is 1. The predicted molar refractivity (Wildman–Crippen MR) is 87.8 cm³/mol. The van der Waals surface area contributed by atoms with Gasteiger partial charge < -0.3 is 5.32 Å². The lowest BCUT2D eigenvalue weighted by Crippen LogP contribution is -2.28. The van der Waals surface area contributed by atoms with Crippen molar-refractivity contribution in [3.8, 4) is 0 Å². The molecule has 0 aliphatic carbocycles. The van der Waals surface area contributed by atoms with Crippen LogP contribution in [0.5, 0.6) is 0 Å². The minimum absolute atomic E-state index is 0.0627. The summed E-state index contributed by atoms with van der Waals surface area (Å²) in [6.45, 7) is 3.87. The predicted octanol–water partition coefficient (Wildman–Crippen LogP) is 3.37. The van der Waals surface area contributed by atoms with Gasteiger partial charge in [0.05, 0.1) is 11.7 Å². The molecule has 0 aliphatic rings. The van der Waals surface area contributed by atoms with Crippen LogP contribution in [0.15, 0.2) is 48.5 Å². The van der Waals surface area contributed by atoms with Gasteiger partial charge in [0.25, 0.3) is 5.91 Å². The standard InChI is InChI=1S/C18H19N3O/c1-12-10-17(21(3)20-12)18(22)19-13(2)15-9-8-14-6-4-5-7-16(14)11-15/h4-11,13H,1-3H3,(H,19,22). The first-order valence-electron chi connectivity index (χ1n) is 7.35. The number of fused-ring (bicyclic) bond motifs is 1. The molecule has 0 spiro atoms. The highest BCUT2D eigenvalue weighted by molar-refractivity contribution is 5.93. The van der Waals surface area contributed by atoms with E-state index in [0.717, 1.165) is 11.3 Å². The van der Waals surface area contributed by atoms with E-state index >= 15 is 0 Å². The Morgan fingerprint density at radius 1 is 1.14 bits per heavy atom. The molecule has 0 saturated carbocycles. The minimum Gasteiger partial charge on any atom is -0.344 e. The van der Waals surface area contributed by atoms with Crippen molar-refractivity contribution in [3.63, 3.8) is 0 Å². The number of nitrogens with one attached hydrogen (secondary N) is 1. The Labute approximate surface area is 129 Å². The molecule has 1 heterocycles. The van der Waals surface area contributed by atoms with E-state index < -0.39 is 0 Å². The molecule has 0 fully saturated rings. The molecular formula is C18H19N3O. The third-order valence-corrected chi connectivity index (χ3v) is 3.86. The molecule has 3 rings (SSSR count). The number of aromatic nitrogens is 2. The Kier molecular flexibility index (Phi) is 3.67. The topological polar surface area (TPSA) is 46.9 Å². The lowest BCUT2D eigenvalue weighted by Gasteiger charge is -2.15. The second-order valence-corrected chi connectivity index (χ2v) is 5.60. The molecule has 1 unspecified atom stereocenters. The number of hydrogen-bond acceptors (Lipinski definition) is 2. The summed E-state index contributed by atoms with van der Waals surface area (Å²) in [5.74, 6) is -0.108. The van der Waals surface area contributed by atoms with E-state index in [-0.39, 0.29) is 11.9 Å². The van der Waals surface area contributed by atoms with Gasteiger partial charge in [-0.1, -0.05) is 36.4 Å². The fourth-order valence-electron chi connectivity index (χ4n) is 2.65.